The van der Waals surface area contributed by atoms with Gasteiger partial charge in [-0.25, -0.2) is 0 Å². The predicted octanol–water partition coefficient (Wildman–Crippen LogP) is 3.11. The van der Waals surface area contributed by atoms with E-state index in [1.54, 1.807) is 6.92 Å². The van der Waals surface area contributed by atoms with Gasteiger partial charge in [0.25, 0.3) is 0 Å². The van der Waals surface area contributed by atoms with Crippen LogP contribution >= 0.6 is 0 Å². The SMILES string of the molecule is CC(C(=O)Nc1ccc(C(C)(C)C)cc1)N1CCC(C)(C(=O)O)C1. The Kier molecular flexibility index (Phi) is 5.04. The molecule has 1 saturated heterocycles. The highest BCUT2D eigenvalue weighted by Gasteiger charge is 2.42. The number of benzene rings is 1. The van der Waals surface area contributed by atoms with E-state index < -0.39 is 11.4 Å². The Morgan fingerprint density at radius 1 is 1.25 bits per heavy atom. The molecular weight excluding hydrogens is 304 g/mol. The fraction of sp³-hybridized carbons (Fsp3) is 0.579. The molecule has 0 aliphatic carbocycles. The summed E-state index contributed by atoms with van der Waals surface area (Å²) in [5.74, 6) is -0.900. The van der Waals surface area contributed by atoms with Gasteiger partial charge in [0.05, 0.1) is 11.5 Å². The Bertz CT molecular complexity index is 618. The highest BCUT2D eigenvalue weighted by molar-refractivity contribution is 5.94. The summed E-state index contributed by atoms with van der Waals surface area (Å²) in [7, 11) is 0. The highest BCUT2D eigenvalue weighted by Crippen LogP contribution is 2.31. The van der Waals surface area contributed by atoms with Crippen LogP contribution in [0.1, 0.15) is 46.6 Å². The summed E-state index contributed by atoms with van der Waals surface area (Å²) in [6, 6.07) is 7.52. The Morgan fingerprint density at radius 3 is 2.29 bits per heavy atom. The van der Waals surface area contributed by atoms with E-state index in [2.05, 4.69) is 26.1 Å². The van der Waals surface area contributed by atoms with Gasteiger partial charge in [-0.1, -0.05) is 32.9 Å². The van der Waals surface area contributed by atoms with Gasteiger partial charge in [-0.3, -0.25) is 14.5 Å². The van der Waals surface area contributed by atoms with Gasteiger partial charge in [-0.15, -0.1) is 0 Å². The van der Waals surface area contributed by atoms with Gasteiger partial charge in [-0.05, 0) is 43.4 Å². The zero-order valence-corrected chi connectivity index (χ0v) is 15.2. The van der Waals surface area contributed by atoms with E-state index in [1.165, 1.54) is 5.56 Å². The number of amides is 1. The van der Waals surface area contributed by atoms with Crippen LogP contribution in [0.4, 0.5) is 5.69 Å². The number of carboxylic acid groups (broad SMARTS) is 1. The van der Waals surface area contributed by atoms with Crippen LogP contribution in [0.25, 0.3) is 0 Å². The summed E-state index contributed by atoms with van der Waals surface area (Å²) in [4.78, 5) is 25.7. The van der Waals surface area contributed by atoms with Crippen molar-refractivity contribution in [2.24, 2.45) is 5.41 Å². The fourth-order valence-corrected chi connectivity index (χ4v) is 2.97. The molecule has 0 aromatic heterocycles. The highest BCUT2D eigenvalue weighted by atomic mass is 16.4. The summed E-state index contributed by atoms with van der Waals surface area (Å²) in [5, 5.41) is 12.2. The molecule has 0 spiro atoms. The molecule has 2 atom stereocenters. The summed E-state index contributed by atoms with van der Waals surface area (Å²) >= 11 is 0. The maximum absolute atomic E-state index is 12.5. The number of likely N-dealkylation sites (tertiary alicyclic amines) is 1. The van der Waals surface area contributed by atoms with Crippen molar-refractivity contribution in [3.63, 3.8) is 0 Å². The van der Waals surface area contributed by atoms with Gasteiger partial charge < -0.3 is 10.4 Å². The molecule has 1 amide bonds. The molecule has 1 aromatic carbocycles. The van der Waals surface area contributed by atoms with Crippen LogP contribution < -0.4 is 5.32 Å². The van der Waals surface area contributed by atoms with E-state index in [0.717, 1.165) is 5.69 Å². The van der Waals surface area contributed by atoms with Gasteiger partial charge in [0.2, 0.25) is 5.91 Å². The number of hydrogen-bond donors (Lipinski definition) is 2. The molecule has 2 N–H and O–H groups in total. The minimum Gasteiger partial charge on any atom is -0.481 e. The van der Waals surface area contributed by atoms with Crippen molar-refractivity contribution in [1.82, 2.24) is 4.90 Å². The van der Waals surface area contributed by atoms with Crippen LogP contribution in [0.3, 0.4) is 0 Å². The van der Waals surface area contributed by atoms with Crippen LogP contribution in [0, 0.1) is 5.41 Å². The molecule has 5 heteroatoms. The second kappa shape index (κ2) is 6.55. The summed E-state index contributed by atoms with van der Waals surface area (Å²) in [6.07, 6.45) is 0.570. The third kappa shape index (κ3) is 3.96. The van der Waals surface area contributed by atoms with Gasteiger partial charge in [-0.2, -0.15) is 0 Å². The van der Waals surface area contributed by atoms with Gasteiger partial charge in [0, 0.05) is 18.8 Å². The zero-order valence-electron chi connectivity index (χ0n) is 15.2. The number of nitrogens with one attached hydrogen (secondary N) is 1. The number of aliphatic carboxylic acids is 1. The fourth-order valence-electron chi connectivity index (χ4n) is 2.97. The van der Waals surface area contributed by atoms with Crippen molar-refractivity contribution in [3.05, 3.63) is 29.8 Å². The first-order valence-electron chi connectivity index (χ1n) is 8.42. The molecule has 0 saturated carbocycles. The average molecular weight is 332 g/mol. The average Bonchev–Trinajstić information content (AvgIpc) is 2.90. The summed E-state index contributed by atoms with van der Waals surface area (Å²) in [6.45, 7) is 11.0. The minimum absolute atomic E-state index is 0.0761. The van der Waals surface area contributed by atoms with Crippen molar-refractivity contribution in [2.45, 2.75) is 52.5 Å². The molecule has 1 aromatic rings. The normalized spacial score (nSPS) is 23.0. The molecule has 5 nitrogen and oxygen atoms in total. The van der Waals surface area contributed by atoms with Gasteiger partial charge >= 0.3 is 5.97 Å². The smallest absolute Gasteiger partial charge is 0.310 e. The van der Waals surface area contributed by atoms with Crippen LogP contribution in [0.5, 0.6) is 0 Å². The van der Waals surface area contributed by atoms with E-state index in [4.69, 9.17) is 0 Å². The monoisotopic (exact) mass is 332 g/mol. The molecule has 1 aliphatic rings. The number of nitrogens with zero attached hydrogens (tertiary/aromatic N) is 1. The zero-order chi connectivity index (χ0) is 18.1. The van der Waals surface area contributed by atoms with Crippen molar-refractivity contribution in [2.75, 3.05) is 18.4 Å². The Labute approximate surface area is 144 Å². The number of anilines is 1. The number of carbonyl (C=O) groups excluding carboxylic acids is 1. The molecule has 2 rings (SSSR count). The quantitative estimate of drug-likeness (QED) is 0.889. The molecule has 2 unspecified atom stereocenters. The van der Waals surface area contributed by atoms with E-state index in [0.29, 0.717) is 19.5 Å². The maximum atomic E-state index is 12.5. The topological polar surface area (TPSA) is 69.6 Å². The van der Waals surface area contributed by atoms with Crippen LogP contribution in [-0.4, -0.2) is 41.0 Å². The lowest BCUT2D eigenvalue weighted by Gasteiger charge is -2.25. The van der Waals surface area contributed by atoms with Gasteiger partial charge in [0.1, 0.15) is 0 Å². The number of rotatable bonds is 4. The van der Waals surface area contributed by atoms with Gasteiger partial charge in [0.15, 0.2) is 0 Å². The first kappa shape index (κ1) is 18.5. The van der Waals surface area contributed by atoms with Crippen molar-refractivity contribution in [1.29, 1.82) is 0 Å². The van der Waals surface area contributed by atoms with Crippen molar-refractivity contribution < 1.29 is 14.7 Å². The third-order valence-electron chi connectivity index (χ3n) is 4.96. The number of hydrogen-bond acceptors (Lipinski definition) is 3. The Balaban J connectivity index is 1.99. The summed E-state index contributed by atoms with van der Waals surface area (Å²) in [5.41, 5.74) is 1.29. The third-order valence-corrected chi connectivity index (χ3v) is 4.96. The molecule has 24 heavy (non-hydrogen) atoms. The van der Waals surface area contributed by atoms with E-state index in [9.17, 15) is 14.7 Å². The largest absolute Gasteiger partial charge is 0.481 e. The molecule has 1 heterocycles. The molecule has 1 aliphatic heterocycles. The molecule has 1 fully saturated rings. The second-order valence-electron chi connectivity index (χ2n) is 8.08. The van der Waals surface area contributed by atoms with Crippen LogP contribution in [0.2, 0.25) is 0 Å². The Hall–Kier alpha value is -1.88. The van der Waals surface area contributed by atoms with E-state index >= 15 is 0 Å². The Morgan fingerprint density at radius 2 is 1.83 bits per heavy atom. The first-order valence-corrected chi connectivity index (χ1v) is 8.42. The number of carboxylic acids is 1. The standard InChI is InChI=1S/C19H28N2O3/c1-13(21-11-10-19(5,12-21)17(23)24)16(22)20-15-8-6-14(7-9-15)18(2,3)4/h6-9,13H,10-12H2,1-5H3,(H,20,22)(H,23,24). The lowest BCUT2D eigenvalue weighted by atomic mass is 9.87. The predicted molar refractivity (Wildman–Crippen MR) is 95.2 cm³/mol. The van der Waals surface area contributed by atoms with Crippen molar-refractivity contribution >= 4 is 17.6 Å². The van der Waals surface area contributed by atoms with Crippen LogP contribution in [0.15, 0.2) is 24.3 Å². The maximum Gasteiger partial charge on any atom is 0.310 e. The lowest BCUT2D eigenvalue weighted by molar-refractivity contribution is -0.147. The minimum atomic E-state index is -0.796. The number of carbonyl (C=O) groups is 2. The second-order valence-corrected chi connectivity index (χ2v) is 8.08. The lowest BCUT2D eigenvalue weighted by Crippen LogP contribution is -2.42. The van der Waals surface area contributed by atoms with Crippen LogP contribution in [-0.2, 0) is 15.0 Å². The van der Waals surface area contributed by atoms with E-state index in [-0.39, 0.29) is 17.4 Å². The molecular formula is C19H28N2O3. The van der Waals surface area contributed by atoms with Crippen molar-refractivity contribution in [3.8, 4) is 0 Å². The molecule has 0 bridgehead atoms. The molecule has 132 valence electrons. The summed E-state index contributed by atoms with van der Waals surface area (Å²) < 4.78 is 0. The first-order chi connectivity index (χ1) is 11.0. The molecule has 0 radical (unpaired) electrons. The van der Waals surface area contributed by atoms with E-state index in [1.807, 2.05) is 36.1 Å².